The fourth-order valence-electron chi connectivity index (χ4n) is 6.07. The van der Waals surface area contributed by atoms with Gasteiger partial charge in [0, 0.05) is 30.1 Å². The van der Waals surface area contributed by atoms with E-state index in [2.05, 4.69) is 52.6 Å². The molecule has 0 saturated heterocycles. The van der Waals surface area contributed by atoms with Gasteiger partial charge < -0.3 is 25.7 Å². The Hall–Kier alpha value is -5.59. The highest BCUT2D eigenvalue weighted by atomic mass is 16.6. The number of fused-ring (bicyclic) bond motifs is 1. The maximum atomic E-state index is 13.7. The molecule has 254 valence electrons. The van der Waals surface area contributed by atoms with Crippen molar-refractivity contribution in [3.05, 3.63) is 78.6 Å². The van der Waals surface area contributed by atoms with Gasteiger partial charge in [-0.25, -0.2) is 9.78 Å². The van der Waals surface area contributed by atoms with Crippen LogP contribution in [0.1, 0.15) is 52.0 Å². The summed E-state index contributed by atoms with van der Waals surface area (Å²) < 4.78 is 5.34. The van der Waals surface area contributed by atoms with E-state index in [9.17, 15) is 14.4 Å². The van der Waals surface area contributed by atoms with Crippen LogP contribution >= 0.6 is 0 Å². The SMILES string of the molecule is CC(C)(C)OC(=O)NCC1CCC(C(=O)N[C@@H](Cc2ccc(-c3ccc4nc[nH]c4c3)cc2)C(=O)Nc2ccc(-c3nn[nH]n3)cc2)CC1. The van der Waals surface area contributed by atoms with Gasteiger partial charge in [-0.2, -0.15) is 5.21 Å². The summed E-state index contributed by atoms with van der Waals surface area (Å²) in [7, 11) is 0. The minimum Gasteiger partial charge on any atom is -0.444 e. The highest BCUT2D eigenvalue weighted by Gasteiger charge is 2.30. The minimum absolute atomic E-state index is 0.143. The van der Waals surface area contributed by atoms with E-state index in [0.717, 1.165) is 46.1 Å². The lowest BCUT2D eigenvalue weighted by molar-refractivity contribution is -0.130. The number of carbonyl (C=O) groups is 3. The van der Waals surface area contributed by atoms with Gasteiger partial charge in [-0.1, -0.05) is 30.3 Å². The fourth-order valence-corrected chi connectivity index (χ4v) is 6.07. The van der Waals surface area contributed by atoms with Crippen LogP contribution < -0.4 is 16.0 Å². The first-order chi connectivity index (χ1) is 23.6. The summed E-state index contributed by atoms with van der Waals surface area (Å²) in [6.45, 7) is 5.99. The predicted molar refractivity (Wildman–Crippen MR) is 185 cm³/mol. The normalized spacial score (nSPS) is 16.9. The molecule has 1 aliphatic carbocycles. The molecule has 3 aromatic carbocycles. The number of carbonyl (C=O) groups excluding carboxylic acids is 3. The topological polar surface area (TPSA) is 180 Å². The van der Waals surface area contributed by atoms with E-state index in [4.69, 9.17) is 4.74 Å². The molecule has 0 aliphatic heterocycles. The smallest absolute Gasteiger partial charge is 0.407 e. The molecule has 1 aliphatic rings. The molecule has 0 bridgehead atoms. The van der Waals surface area contributed by atoms with Crippen molar-refractivity contribution in [2.75, 3.05) is 11.9 Å². The highest BCUT2D eigenvalue weighted by Crippen LogP contribution is 2.29. The number of H-pyrrole nitrogens is 2. The molecule has 0 spiro atoms. The number of aromatic amines is 2. The molecular weight excluding hydrogens is 622 g/mol. The average molecular weight is 664 g/mol. The summed E-state index contributed by atoms with van der Waals surface area (Å²) in [5.74, 6) is 0.0345. The number of amides is 3. The van der Waals surface area contributed by atoms with Crippen LogP contribution in [-0.2, 0) is 20.7 Å². The zero-order chi connectivity index (χ0) is 34.4. The number of hydrogen-bond acceptors (Lipinski definition) is 8. The molecular formula is C36H41N9O4. The first kappa shape index (κ1) is 33.3. The van der Waals surface area contributed by atoms with Gasteiger partial charge in [-0.15, -0.1) is 10.2 Å². The number of benzene rings is 3. The molecule has 1 atom stereocenters. The van der Waals surface area contributed by atoms with Crippen LogP contribution in [0.3, 0.4) is 0 Å². The molecule has 5 N–H and O–H groups in total. The van der Waals surface area contributed by atoms with Crippen molar-refractivity contribution in [1.82, 2.24) is 41.2 Å². The highest BCUT2D eigenvalue weighted by molar-refractivity contribution is 5.97. The van der Waals surface area contributed by atoms with Crippen LogP contribution in [0.2, 0.25) is 0 Å². The second-order valence-electron chi connectivity index (χ2n) is 13.5. The predicted octanol–water partition coefficient (Wildman–Crippen LogP) is 5.41. The van der Waals surface area contributed by atoms with Gasteiger partial charge in [-0.05, 0) is 111 Å². The molecule has 0 radical (unpaired) electrons. The summed E-state index contributed by atoms with van der Waals surface area (Å²) in [4.78, 5) is 46.8. The molecule has 1 fully saturated rings. The molecule has 49 heavy (non-hydrogen) atoms. The molecule has 2 heterocycles. The Kier molecular flexibility index (Phi) is 9.97. The van der Waals surface area contributed by atoms with Crippen LogP contribution in [-0.4, -0.2) is 66.7 Å². The molecule has 13 heteroatoms. The van der Waals surface area contributed by atoms with Crippen molar-refractivity contribution in [3.8, 4) is 22.5 Å². The Morgan fingerprint density at radius 1 is 0.918 bits per heavy atom. The quantitative estimate of drug-likeness (QED) is 0.132. The van der Waals surface area contributed by atoms with Gasteiger partial charge in [0.05, 0.1) is 17.4 Å². The van der Waals surface area contributed by atoms with Crippen LogP contribution in [0.15, 0.2) is 73.1 Å². The van der Waals surface area contributed by atoms with E-state index in [-0.39, 0.29) is 23.7 Å². The van der Waals surface area contributed by atoms with E-state index in [1.165, 1.54) is 0 Å². The molecule has 0 unspecified atom stereocenters. The Morgan fingerprint density at radius 2 is 1.63 bits per heavy atom. The summed E-state index contributed by atoms with van der Waals surface area (Å²) in [5, 5.41) is 22.9. The Bertz CT molecular complexity index is 1870. The fraction of sp³-hybridized carbons (Fsp3) is 0.361. The largest absolute Gasteiger partial charge is 0.444 e. The first-order valence-corrected chi connectivity index (χ1v) is 16.5. The molecule has 13 nitrogen and oxygen atoms in total. The molecule has 6 rings (SSSR count). The zero-order valence-electron chi connectivity index (χ0n) is 27.8. The van der Waals surface area contributed by atoms with Gasteiger partial charge in [0.25, 0.3) is 0 Å². The van der Waals surface area contributed by atoms with E-state index in [0.29, 0.717) is 37.3 Å². The van der Waals surface area contributed by atoms with Crippen molar-refractivity contribution in [3.63, 3.8) is 0 Å². The lowest BCUT2D eigenvalue weighted by atomic mass is 9.81. The summed E-state index contributed by atoms with van der Waals surface area (Å²) in [5.41, 5.74) is 5.63. The lowest BCUT2D eigenvalue weighted by Gasteiger charge is -2.29. The Labute approximate surface area is 284 Å². The van der Waals surface area contributed by atoms with Crippen LogP contribution in [0.5, 0.6) is 0 Å². The van der Waals surface area contributed by atoms with Crippen LogP contribution in [0.25, 0.3) is 33.5 Å². The number of aromatic nitrogens is 6. The maximum Gasteiger partial charge on any atom is 0.407 e. The zero-order valence-corrected chi connectivity index (χ0v) is 27.8. The third-order valence-electron chi connectivity index (χ3n) is 8.69. The Morgan fingerprint density at radius 3 is 2.33 bits per heavy atom. The van der Waals surface area contributed by atoms with Crippen molar-refractivity contribution in [2.45, 2.75) is 64.5 Å². The first-order valence-electron chi connectivity index (χ1n) is 16.5. The van der Waals surface area contributed by atoms with Gasteiger partial charge >= 0.3 is 6.09 Å². The van der Waals surface area contributed by atoms with E-state index < -0.39 is 17.7 Å². The van der Waals surface area contributed by atoms with E-state index >= 15 is 0 Å². The third-order valence-corrected chi connectivity index (χ3v) is 8.69. The molecule has 5 aromatic rings. The van der Waals surface area contributed by atoms with Crippen LogP contribution in [0, 0.1) is 11.8 Å². The number of rotatable bonds is 10. The standard InChI is InChI=1S/C36H41N9O4/c1-36(2,3)49-35(48)37-20-23-6-10-26(11-7-23)33(46)41-31(34(47)40-28-15-12-25(13-16-28)32-42-44-45-43-32)18-22-4-8-24(9-5-22)27-14-17-29-30(19-27)39-21-38-29/h4-5,8-9,12-17,19,21,23,26,31H,6-7,10-11,18,20H2,1-3H3,(H,37,48)(H,38,39)(H,40,47)(H,41,46)(H,42,43,44,45)/t23?,26?,31-/m0/s1. The van der Waals surface area contributed by atoms with E-state index in [1.807, 2.05) is 57.2 Å². The van der Waals surface area contributed by atoms with Crippen molar-refractivity contribution >= 4 is 34.6 Å². The van der Waals surface area contributed by atoms with Gasteiger partial charge in [0.2, 0.25) is 17.6 Å². The number of tetrazole rings is 1. The van der Waals surface area contributed by atoms with Gasteiger partial charge in [0.15, 0.2) is 0 Å². The molecule has 3 amide bonds. The van der Waals surface area contributed by atoms with Gasteiger partial charge in [0.1, 0.15) is 11.6 Å². The maximum absolute atomic E-state index is 13.7. The molecule has 2 aromatic heterocycles. The summed E-state index contributed by atoms with van der Waals surface area (Å²) >= 11 is 0. The van der Waals surface area contributed by atoms with Crippen molar-refractivity contribution in [2.24, 2.45) is 11.8 Å². The van der Waals surface area contributed by atoms with Crippen molar-refractivity contribution in [1.29, 1.82) is 0 Å². The average Bonchev–Trinajstić information content (AvgIpc) is 3.80. The number of hydrogen-bond donors (Lipinski definition) is 5. The van der Waals surface area contributed by atoms with Gasteiger partial charge in [-0.3, -0.25) is 9.59 Å². The Balaban J connectivity index is 1.11. The minimum atomic E-state index is -0.803. The number of ether oxygens (including phenoxy) is 1. The summed E-state index contributed by atoms with van der Waals surface area (Å²) in [6.07, 6.45) is 4.49. The van der Waals surface area contributed by atoms with Crippen molar-refractivity contribution < 1.29 is 19.1 Å². The number of anilines is 1. The lowest BCUT2D eigenvalue weighted by Crippen LogP contribution is -2.48. The monoisotopic (exact) mass is 663 g/mol. The number of nitrogens with zero attached hydrogens (tertiary/aromatic N) is 4. The second-order valence-corrected chi connectivity index (χ2v) is 13.5. The third kappa shape index (κ3) is 8.86. The molecule has 1 saturated carbocycles. The number of alkyl carbamates (subject to hydrolysis) is 1. The van der Waals surface area contributed by atoms with Crippen LogP contribution in [0.4, 0.5) is 10.5 Å². The number of nitrogens with one attached hydrogen (secondary N) is 5. The second kappa shape index (κ2) is 14.7. The summed E-state index contributed by atoms with van der Waals surface area (Å²) in [6, 6.07) is 20.4. The van der Waals surface area contributed by atoms with E-state index in [1.54, 1.807) is 30.6 Å². The number of imidazole rings is 1.